The van der Waals surface area contributed by atoms with Crippen LogP contribution in [0.3, 0.4) is 0 Å². The van der Waals surface area contributed by atoms with Gasteiger partial charge in [-0.05, 0) is 37.5 Å². The van der Waals surface area contributed by atoms with Gasteiger partial charge in [-0.2, -0.15) is 0 Å². The molecule has 2 aromatic carbocycles. The van der Waals surface area contributed by atoms with E-state index in [9.17, 15) is 19.7 Å². The van der Waals surface area contributed by atoms with Crippen molar-refractivity contribution in [1.82, 2.24) is 4.90 Å². The summed E-state index contributed by atoms with van der Waals surface area (Å²) in [4.78, 5) is 42.6. The molecule has 2 amide bonds. The monoisotopic (exact) mass is 454 g/mol. The minimum atomic E-state index is -0.581. The van der Waals surface area contributed by atoms with E-state index in [0.29, 0.717) is 10.9 Å². The van der Waals surface area contributed by atoms with Crippen LogP contribution in [0.25, 0.3) is 0 Å². The Kier molecular flexibility index (Phi) is 6.13. The maximum atomic E-state index is 13.0. The SMILES string of the molecule is COc1cc([N+](=O)[O-])ccc1NC(=O)CC1SC(=Nc2ccccc2C)N(C2CC2)C1=O. The lowest BCUT2D eigenvalue weighted by Crippen LogP contribution is -2.35. The summed E-state index contributed by atoms with van der Waals surface area (Å²) in [5.41, 5.74) is 1.98. The number of nitro benzene ring substituents is 1. The van der Waals surface area contributed by atoms with Gasteiger partial charge in [-0.1, -0.05) is 30.0 Å². The van der Waals surface area contributed by atoms with E-state index < -0.39 is 10.2 Å². The highest BCUT2D eigenvalue weighted by molar-refractivity contribution is 8.15. The quantitative estimate of drug-likeness (QED) is 0.499. The molecule has 1 aliphatic heterocycles. The first kappa shape index (κ1) is 21.8. The molecule has 0 aromatic heterocycles. The number of methoxy groups -OCH3 is 1. The van der Waals surface area contributed by atoms with Crippen molar-refractivity contribution in [3.05, 3.63) is 58.1 Å². The van der Waals surface area contributed by atoms with Crippen LogP contribution in [-0.4, -0.2) is 45.2 Å². The number of carbonyl (C=O) groups excluding carboxylic acids is 2. The first-order valence-electron chi connectivity index (χ1n) is 10.1. The molecule has 1 N–H and O–H groups in total. The van der Waals surface area contributed by atoms with Gasteiger partial charge >= 0.3 is 0 Å². The Morgan fingerprint density at radius 3 is 2.72 bits per heavy atom. The largest absolute Gasteiger partial charge is 0.494 e. The lowest BCUT2D eigenvalue weighted by atomic mass is 10.2. The Labute approximate surface area is 189 Å². The number of thioether (sulfide) groups is 1. The van der Waals surface area contributed by atoms with E-state index in [1.165, 1.54) is 37.1 Å². The lowest BCUT2D eigenvalue weighted by Gasteiger charge is -2.15. The predicted octanol–water partition coefficient (Wildman–Crippen LogP) is 4.03. The number of anilines is 1. The van der Waals surface area contributed by atoms with E-state index in [-0.39, 0.29) is 35.7 Å². The lowest BCUT2D eigenvalue weighted by molar-refractivity contribution is -0.384. The van der Waals surface area contributed by atoms with Crippen molar-refractivity contribution in [2.75, 3.05) is 12.4 Å². The van der Waals surface area contributed by atoms with Gasteiger partial charge in [0.25, 0.3) is 5.69 Å². The van der Waals surface area contributed by atoms with Crippen LogP contribution in [0.15, 0.2) is 47.5 Å². The fourth-order valence-electron chi connectivity index (χ4n) is 3.42. The molecule has 0 radical (unpaired) electrons. The fourth-order valence-corrected chi connectivity index (χ4v) is 4.63. The summed E-state index contributed by atoms with van der Waals surface area (Å²) >= 11 is 1.30. The number of amides is 2. The van der Waals surface area contributed by atoms with Crippen molar-refractivity contribution in [2.45, 2.75) is 37.5 Å². The van der Waals surface area contributed by atoms with Crippen molar-refractivity contribution >= 4 is 45.8 Å². The number of para-hydroxylation sites is 1. The molecule has 2 fully saturated rings. The number of hydrogen-bond acceptors (Lipinski definition) is 7. The number of amidine groups is 1. The van der Waals surface area contributed by atoms with Gasteiger partial charge in [-0.15, -0.1) is 0 Å². The minimum Gasteiger partial charge on any atom is -0.494 e. The number of aryl methyl sites for hydroxylation is 1. The Balaban J connectivity index is 1.50. The Morgan fingerprint density at radius 1 is 1.31 bits per heavy atom. The first-order valence-corrected chi connectivity index (χ1v) is 11.0. The Morgan fingerprint density at radius 2 is 2.06 bits per heavy atom. The van der Waals surface area contributed by atoms with Gasteiger partial charge in [0.1, 0.15) is 11.0 Å². The highest BCUT2D eigenvalue weighted by atomic mass is 32.2. The zero-order valence-corrected chi connectivity index (χ0v) is 18.4. The molecule has 32 heavy (non-hydrogen) atoms. The normalized spacial score (nSPS) is 19.3. The highest BCUT2D eigenvalue weighted by Crippen LogP contribution is 2.40. The Bertz CT molecular complexity index is 1120. The van der Waals surface area contributed by atoms with Crippen LogP contribution in [0.2, 0.25) is 0 Å². The first-order chi connectivity index (χ1) is 15.4. The molecule has 9 nitrogen and oxygen atoms in total. The van der Waals surface area contributed by atoms with Gasteiger partial charge in [0.15, 0.2) is 5.17 Å². The molecular weight excluding hydrogens is 432 g/mol. The van der Waals surface area contributed by atoms with Crippen LogP contribution < -0.4 is 10.1 Å². The summed E-state index contributed by atoms with van der Waals surface area (Å²) in [6.07, 6.45) is 1.82. The number of non-ortho nitro benzene ring substituents is 1. The molecule has 1 unspecified atom stereocenters. The third-order valence-electron chi connectivity index (χ3n) is 5.25. The summed E-state index contributed by atoms with van der Waals surface area (Å²) in [5, 5.41) is 13.7. The summed E-state index contributed by atoms with van der Waals surface area (Å²) in [5.74, 6) is -0.314. The summed E-state index contributed by atoms with van der Waals surface area (Å²) < 4.78 is 5.16. The molecule has 1 saturated carbocycles. The number of aliphatic imine (C=N–C) groups is 1. The van der Waals surface area contributed by atoms with Crippen molar-refractivity contribution in [1.29, 1.82) is 0 Å². The zero-order valence-electron chi connectivity index (χ0n) is 17.6. The number of rotatable bonds is 7. The smallest absolute Gasteiger partial charge is 0.273 e. The number of nitro groups is 1. The molecule has 1 saturated heterocycles. The van der Waals surface area contributed by atoms with Crippen LogP contribution in [-0.2, 0) is 9.59 Å². The van der Waals surface area contributed by atoms with Crippen LogP contribution in [0.4, 0.5) is 17.1 Å². The second kappa shape index (κ2) is 8.99. The van der Waals surface area contributed by atoms with Crippen molar-refractivity contribution < 1.29 is 19.2 Å². The molecule has 166 valence electrons. The van der Waals surface area contributed by atoms with Crippen LogP contribution in [0.1, 0.15) is 24.8 Å². The topological polar surface area (TPSA) is 114 Å². The molecule has 4 rings (SSSR count). The van der Waals surface area contributed by atoms with Crippen LogP contribution >= 0.6 is 11.8 Å². The van der Waals surface area contributed by atoms with E-state index in [1.54, 1.807) is 4.90 Å². The number of carbonyl (C=O) groups is 2. The Hall–Kier alpha value is -3.40. The fraction of sp³-hybridized carbons (Fsp3) is 0.318. The average Bonchev–Trinajstić information content (AvgIpc) is 3.55. The summed E-state index contributed by atoms with van der Waals surface area (Å²) in [6, 6.07) is 11.8. The predicted molar refractivity (Wildman–Crippen MR) is 122 cm³/mol. The van der Waals surface area contributed by atoms with Gasteiger partial charge in [-0.25, -0.2) is 4.99 Å². The van der Waals surface area contributed by atoms with Crippen molar-refractivity contribution in [3.63, 3.8) is 0 Å². The third kappa shape index (κ3) is 4.59. The van der Waals surface area contributed by atoms with Gasteiger partial charge in [0.05, 0.1) is 29.5 Å². The van der Waals surface area contributed by atoms with E-state index >= 15 is 0 Å². The molecule has 0 bridgehead atoms. The van der Waals surface area contributed by atoms with E-state index in [1.807, 2.05) is 31.2 Å². The molecular formula is C22H22N4O5S. The number of ether oxygens (including phenoxy) is 1. The van der Waals surface area contributed by atoms with Crippen molar-refractivity contribution in [2.24, 2.45) is 4.99 Å². The maximum Gasteiger partial charge on any atom is 0.273 e. The van der Waals surface area contributed by atoms with Crippen LogP contribution in [0, 0.1) is 17.0 Å². The van der Waals surface area contributed by atoms with Crippen LogP contribution in [0.5, 0.6) is 5.75 Å². The molecule has 1 atom stereocenters. The summed E-state index contributed by atoms with van der Waals surface area (Å²) in [7, 11) is 1.37. The van der Waals surface area contributed by atoms with E-state index in [4.69, 9.17) is 9.73 Å². The number of hydrogen-bond donors (Lipinski definition) is 1. The van der Waals surface area contributed by atoms with Crippen molar-refractivity contribution in [3.8, 4) is 5.75 Å². The summed E-state index contributed by atoms with van der Waals surface area (Å²) in [6.45, 7) is 1.96. The minimum absolute atomic E-state index is 0.0420. The average molecular weight is 455 g/mol. The highest BCUT2D eigenvalue weighted by Gasteiger charge is 2.46. The zero-order chi connectivity index (χ0) is 22.8. The van der Waals surface area contributed by atoms with Gasteiger partial charge in [0, 0.05) is 18.5 Å². The number of nitrogens with one attached hydrogen (secondary N) is 1. The van der Waals surface area contributed by atoms with Gasteiger partial charge in [0.2, 0.25) is 11.8 Å². The van der Waals surface area contributed by atoms with Gasteiger partial charge in [-0.3, -0.25) is 24.6 Å². The molecule has 2 aromatic rings. The van der Waals surface area contributed by atoms with Gasteiger partial charge < -0.3 is 10.1 Å². The number of nitrogens with zero attached hydrogens (tertiary/aromatic N) is 3. The number of benzene rings is 2. The maximum absolute atomic E-state index is 13.0. The molecule has 1 heterocycles. The van der Waals surface area contributed by atoms with E-state index in [2.05, 4.69) is 5.32 Å². The third-order valence-corrected chi connectivity index (χ3v) is 6.40. The van der Waals surface area contributed by atoms with E-state index in [0.717, 1.165) is 24.1 Å². The molecule has 2 aliphatic rings. The molecule has 10 heteroatoms. The molecule has 0 spiro atoms. The molecule has 1 aliphatic carbocycles. The second-order valence-electron chi connectivity index (χ2n) is 7.62. The second-order valence-corrected chi connectivity index (χ2v) is 8.79. The standard InChI is InChI=1S/C22H22N4O5S/c1-13-5-3-4-6-16(13)24-22-25(14-7-8-14)21(28)19(32-22)12-20(27)23-17-10-9-15(26(29)30)11-18(17)31-2/h3-6,9-11,14,19H,7-8,12H2,1-2H3,(H,23,27).